The van der Waals surface area contributed by atoms with E-state index in [-0.39, 0.29) is 11.4 Å². The number of rotatable bonds is 6. The molecule has 2 aromatic carbocycles. The van der Waals surface area contributed by atoms with E-state index in [1.807, 2.05) is 6.92 Å². The Bertz CT molecular complexity index is 1290. The van der Waals surface area contributed by atoms with Crippen LogP contribution in [0.2, 0.25) is 0 Å². The number of fused-ring (bicyclic) bond motifs is 1. The first-order valence-electron chi connectivity index (χ1n) is 9.45. The lowest BCUT2D eigenvalue weighted by Crippen LogP contribution is -2.20. The second-order valence-corrected chi connectivity index (χ2v) is 7.51. The van der Waals surface area contributed by atoms with Crippen LogP contribution in [0.25, 0.3) is 10.9 Å². The summed E-state index contributed by atoms with van der Waals surface area (Å²) in [4.78, 5) is 20.5. The van der Waals surface area contributed by atoms with E-state index in [0.29, 0.717) is 33.3 Å². The van der Waals surface area contributed by atoms with Gasteiger partial charge < -0.3 is 19.5 Å². The number of thiazole rings is 1. The zero-order valence-corrected chi connectivity index (χ0v) is 18.2. The van der Waals surface area contributed by atoms with Crippen LogP contribution in [-0.4, -0.2) is 30.2 Å². The zero-order chi connectivity index (χ0) is 22.7. The summed E-state index contributed by atoms with van der Waals surface area (Å²) < 4.78 is 31.1. The highest BCUT2D eigenvalue weighted by Gasteiger charge is 2.13. The molecule has 164 valence electrons. The van der Waals surface area contributed by atoms with Gasteiger partial charge in [-0.2, -0.15) is 0 Å². The number of carbonyl (C=O) groups excluding carboxylic acids is 1. The van der Waals surface area contributed by atoms with Gasteiger partial charge in [-0.1, -0.05) is 0 Å². The van der Waals surface area contributed by atoms with Crippen LogP contribution >= 0.6 is 11.3 Å². The van der Waals surface area contributed by atoms with Gasteiger partial charge in [0, 0.05) is 29.1 Å². The normalized spacial score (nSPS) is 10.6. The summed E-state index contributed by atoms with van der Waals surface area (Å²) in [5.74, 6) is 1.13. The van der Waals surface area contributed by atoms with Gasteiger partial charge in [0.2, 0.25) is 0 Å². The van der Waals surface area contributed by atoms with Gasteiger partial charge in [0.15, 0.2) is 16.6 Å². The summed E-state index contributed by atoms with van der Waals surface area (Å²) in [5, 5.41) is 7.93. The summed E-state index contributed by atoms with van der Waals surface area (Å²) in [6, 6.07) is 8.72. The molecule has 0 fully saturated rings. The SMILES string of the molecule is COc1cc2nccc(Oc3ccc(NC(=O)Nc4nc(C)cs4)c(F)c3)c2cc1OC. The number of ether oxygens (including phenoxy) is 3. The molecule has 0 spiro atoms. The topological polar surface area (TPSA) is 94.6 Å². The molecule has 4 aromatic rings. The molecule has 0 atom stereocenters. The molecule has 0 aliphatic heterocycles. The third-order valence-electron chi connectivity index (χ3n) is 4.46. The molecule has 10 heteroatoms. The first-order valence-corrected chi connectivity index (χ1v) is 10.3. The fraction of sp³-hybridized carbons (Fsp3) is 0.136. The molecule has 2 N–H and O–H groups in total. The summed E-state index contributed by atoms with van der Waals surface area (Å²) in [5.41, 5.74) is 1.43. The average Bonchev–Trinajstić information content (AvgIpc) is 3.19. The van der Waals surface area contributed by atoms with Gasteiger partial charge in [-0.15, -0.1) is 11.3 Å². The van der Waals surface area contributed by atoms with E-state index in [1.54, 1.807) is 43.0 Å². The highest BCUT2D eigenvalue weighted by Crippen LogP contribution is 2.37. The molecule has 2 aromatic heterocycles. The van der Waals surface area contributed by atoms with Crippen molar-refractivity contribution in [2.75, 3.05) is 24.9 Å². The number of amides is 2. The number of aryl methyl sites for hydroxylation is 1. The highest BCUT2D eigenvalue weighted by atomic mass is 32.1. The molecule has 0 unspecified atom stereocenters. The Morgan fingerprint density at radius 1 is 1.03 bits per heavy atom. The van der Waals surface area contributed by atoms with Crippen LogP contribution in [0.15, 0.2) is 48.0 Å². The first kappa shape index (κ1) is 21.3. The number of hydrogen-bond acceptors (Lipinski definition) is 7. The third kappa shape index (κ3) is 4.54. The van der Waals surface area contributed by atoms with Gasteiger partial charge in [0.25, 0.3) is 0 Å². The molecule has 0 saturated heterocycles. The maximum atomic E-state index is 14.6. The average molecular weight is 454 g/mol. The molecule has 0 saturated carbocycles. The largest absolute Gasteiger partial charge is 0.493 e. The van der Waals surface area contributed by atoms with Crippen molar-refractivity contribution >= 4 is 39.1 Å². The molecular formula is C22H19FN4O4S. The lowest BCUT2D eigenvalue weighted by molar-refractivity contribution is 0.262. The lowest BCUT2D eigenvalue weighted by atomic mass is 10.2. The molecule has 2 amide bonds. The van der Waals surface area contributed by atoms with Crippen LogP contribution in [0.5, 0.6) is 23.0 Å². The number of pyridine rings is 1. The maximum absolute atomic E-state index is 14.6. The molecule has 0 aliphatic rings. The summed E-state index contributed by atoms with van der Waals surface area (Å²) in [6.45, 7) is 1.82. The molecular weight excluding hydrogens is 435 g/mol. The van der Waals surface area contributed by atoms with Crippen molar-refractivity contribution in [1.82, 2.24) is 9.97 Å². The number of anilines is 2. The van der Waals surface area contributed by atoms with E-state index in [0.717, 1.165) is 5.69 Å². The number of nitrogens with one attached hydrogen (secondary N) is 2. The number of halogens is 1. The minimum Gasteiger partial charge on any atom is -0.493 e. The van der Waals surface area contributed by atoms with Crippen molar-refractivity contribution in [1.29, 1.82) is 0 Å². The number of nitrogens with zero attached hydrogens (tertiary/aromatic N) is 2. The molecule has 2 heterocycles. The number of urea groups is 1. The molecule has 8 nitrogen and oxygen atoms in total. The smallest absolute Gasteiger partial charge is 0.325 e. The summed E-state index contributed by atoms with van der Waals surface area (Å²) in [7, 11) is 3.08. The lowest BCUT2D eigenvalue weighted by Gasteiger charge is -2.13. The summed E-state index contributed by atoms with van der Waals surface area (Å²) >= 11 is 1.28. The number of carbonyl (C=O) groups is 1. The second-order valence-electron chi connectivity index (χ2n) is 6.65. The predicted octanol–water partition coefficient (Wildman–Crippen LogP) is 5.59. The van der Waals surface area contributed by atoms with E-state index in [4.69, 9.17) is 14.2 Å². The Labute approximate surface area is 187 Å². The van der Waals surface area contributed by atoms with Crippen LogP contribution in [0.3, 0.4) is 0 Å². The quantitative estimate of drug-likeness (QED) is 0.394. The standard InChI is InChI=1S/C22H19FN4O4S/c1-12-11-32-22(25-12)27-21(28)26-16-5-4-13(8-15(16)23)31-18-6-7-24-17-10-20(30-3)19(29-2)9-14(17)18/h4-11H,1-3H3,(H2,25,26,27,28). The second kappa shape index (κ2) is 9.06. The van der Waals surface area contributed by atoms with E-state index < -0.39 is 11.8 Å². The van der Waals surface area contributed by atoms with Crippen LogP contribution < -0.4 is 24.8 Å². The van der Waals surface area contributed by atoms with Crippen LogP contribution in [0.1, 0.15) is 5.69 Å². The van der Waals surface area contributed by atoms with Crippen molar-refractivity contribution in [3.8, 4) is 23.0 Å². The Kier molecular flexibility index (Phi) is 6.04. The van der Waals surface area contributed by atoms with Gasteiger partial charge in [-0.25, -0.2) is 14.2 Å². The number of methoxy groups -OCH3 is 2. The molecule has 4 rings (SSSR count). The summed E-state index contributed by atoms with van der Waals surface area (Å²) in [6.07, 6.45) is 1.58. The van der Waals surface area contributed by atoms with Gasteiger partial charge in [-0.3, -0.25) is 10.3 Å². The zero-order valence-electron chi connectivity index (χ0n) is 17.4. The van der Waals surface area contributed by atoms with Gasteiger partial charge >= 0.3 is 6.03 Å². The van der Waals surface area contributed by atoms with E-state index in [9.17, 15) is 9.18 Å². The number of aromatic nitrogens is 2. The molecule has 32 heavy (non-hydrogen) atoms. The maximum Gasteiger partial charge on any atom is 0.325 e. The van der Waals surface area contributed by atoms with Crippen molar-refractivity contribution in [2.24, 2.45) is 0 Å². The fourth-order valence-corrected chi connectivity index (χ4v) is 3.67. The van der Waals surface area contributed by atoms with Crippen molar-refractivity contribution < 1.29 is 23.4 Å². The first-order chi connectivity index (χ1) is 15.5. The van der Waals surface area contributed by atoms with Crippen molar-refractivity contribution in [3.63, 3.8) is 0 Å². The van der Waals surface area contributed by atoms with Crippen LogP contribution in [-0.2, 0) is 0 Å². The van der Waals surface area contributed by atoms with E-state index in [1.165, 1.54) is 30.6 Å². The monoisotopic (exact) mass is 454 g/mol. The van der Waals surface area contributed by atoms with Crippen molar-refractivity contribution in [2.45, 2.75) is 6.92 Å². The van der Waals surface area contributed by atoms with Gasteiger partial charge in [0.05, 0.1) is 31.1 Å². The van der Waals surface area contributed by atoms with E-state index in [2.05, 4.69) is 20.6 Å². The molecule has 0 aliphatic carbocycles. The minimum atomic E-state index is -0.648. The Balaban J connectivity index is 1.53. The number of benzene rings is 2. The molecule has 0 bridgehead atoms. The Morgan fingerprint density at radius 2 is 1.81 bits per heavy atom. The number of hydrogen-bond donors (Lipinski definition) is 2. The Hall–Kier alpha value is -3.92. The molecule has 0 radical (unpaired) electrons. The predicted molar refractivity (Wildman–Crippen MR) is 121 cm³/mol. The van der Waals surface area contributed by atoms with Gasteiger partial charge in [0.1, 0.15) is 17.3 Å². The highest BCUT2D eigenvalue weighted by molar-refractivity contribution is 7.13. The van der Waals surface area contributed by atoms with E-state index >= 15 is 0 Å². The van der Waals surface area contributed by atoms with Crippen LogP contribution in [0.4, 0.5) is 20.0 Å². The Morgan fingerprint density at radius 3 is 2.50 bits per heavy atom. The minimum absolute atomic E-state index is 0.00844. The fourth-order valence-electron chi connectivity index (χ4n) is 2.99. The van der Waals surface area contributed by atoms with Crippen molar-refractivity contribution in [3.05, 3.63) is 59.5 Å². The third-order valence-corrected chi connectivity index (χ3v) is 5.34. The van der Waals surface area contributed by atoms with Crippen LogP contribution in [0, 0.1) is 12.7 Å². The van der Waals surface area contributed by atoms with Gasteiger partial charge in [-0.05, 0) is 31.2 Å².